The summed E-state index contributed by atoms with van der Waals surface area (Å²) in [5.74, 6) is 0.713. The summed E-state index contributed by atoms with van der Waals surface area (Å²) in [6.07, 6.45) is 28.5. The highest BCUT2D eigenvalue weighted by Gasteiger charge is 2.22. The molecule has 0 saturated carbocycles. The van der Waals surface area contributed by atoms with E-state index in [9.17, 15) is 14.2 Å². The first kappa shape index (κ1) is 45.0. The van der Waals surface area contributed by atoms with Crippen LogP contribution in [0.2, 0.25) is 0 Å². The van der Waals surface area contributed by atoms with E-state index in [2.05, 4.69) is 32.2 Å². The Hall–Kier alpha value is -0.950. The molecule has 0 spiro atoms. The van der Waals surface area contributed by atoms with Crippen molar-refractivity contribution in [3.05, 3.63) is 0 Å². The third kappa shape index (κ3) is 35.9. The maximum absolute atomic E-state index is 12.3. The van der Waals surface area contributed by atoms with Crippen molar-refractivity contribution in [2.24, 2.45) is 11.8 Å². The SMILES string of the molecule is CC(C)CCCCCCCCCCCCCCCCCC(=O)OC[C@H](COP(=O)(O)O)OC(=O)CCCCCCCCCC(C)C. The fourth-order valence-electron chi connectivity index (χ4n) is 5.63. The minimum atomic E-state index is -4.74. The Morgan fingerprint density at radius 1 is 0.500 bits per heavy atom. The Morgan fingerprint density at radius 3 is 1.17 bits per heavy atom. The van der Waals surface area contributed by atoms with Crippen LogP contribution in [0, 0.1) is 11.8 Å². The fourth-order valence-corrected chi connectivity index (χ4v) is 5.99. The van der Waals surface area contributed by atoms with E-state index in [0.717, 1.165) is 50.4 Å². The van der Waals surface area contributed by atoms with Crippen molar-refractivity contribution < 1.29 is 37.9 Å². The molecular weight excluding hydrogens is 603 g/mol. The maximum atomic E-state index is 12.3. The fraction of sp³-hybridized carbons (Fsp3) is 0.946. The topological polar surface area (TPSA) is 119 Å². The molecule has 0 aromatic carbocycles. The lowest BCUT2D eigenvalue weighted by molar-refractivity contribution is -0.161. The van der Waals surface area contributed by atoms with E-state index >= 15 is 0 Å². The van der Waals surface area contributed by atoms with Crippen LogP contribution >= 0.6 is 7.82 Å². The minimum absolute atomic E-state index is 0.215. The molecular formula is C37H73O8P. The number of unbranched alkanes of at least 4 members (excludes halogenated alkanes) is 20. The van der Waals surface area contributed by atoms with Crippen LogP contribution in [-0.4, -0.2) is 41.0 Å². The highest BCUT2D eigenvalue weighted by molar-refractivity contribution is 7.46. The van der Waals surface area contributed by atoms with Crippen LogP contribution in [0.1, 0.15) is 195 Å². The molecule has 8 nitrogen and oxygen atoms in total. The first-order chi connectivity index (χ1) is 22.0. The molecule has 9 heteroatoms. The Kier molecular flexibility index (Phi) is 30.7. The average Bonchev–Trinajstić information content (AvgIpc) is 2.98. The summed E-state index contributed by atoms with van der Waals surface area (Å²) in [7, 11) is -4.74. The Labute approximate surface area is 283 Å². The van der Waals surface area contributed by atoms with Crippen LogP contribution in [0.25, 0.3) is 0 Å². The molecule has 2 N–H and O–H groups in total. The number of hydrogen-bond donors (Lipinski definition) is 2. The third-order valence-corrected chi connectivity index (χ3v) is 8.97. The molecule has 0 rings (SSSR count). The van der Waals surface area contributed by atoms with Crippen LogP contribution in [0.5, 0.6) is 0 Å². The van der Waals surface area contributed by atoms with Crippen LogP contribution in [0.15, 0.2) is 0 Å². The van der Waals surface area contributed by atoms with Gasteiger partial charge in [-0.1, -0.05) is 169 Å². The molecule has 0 amide bonds. The molecule has 1 atom stereocenters. The number of carbonyl (C=O) groups excluding carboxylic acids is 2. The highest BCUT2D eigenvalue weighted by atomic mass is 31.2. The van der Waals surface area contributed by atoms with Gasteiger partial charge in [0.25, 0.3) is 0 Å². The van der Waals surface area contributed by atoms with Crippen LogP contribution in [0.3, 0.4) is 0 Å². The summed E-state index contributed by atoms with van der Waals surface area (Å²) in [5, 5.41) is 0. The number of ether oxygens (including phenoxy) is 2. The lowest BCUT2D eigenvalue weighted by Crippen LogP contribution is -2.29. The zero-order valence-corrected chi connectivity index (χ0v) is 31.2. The molecule has 0 aromatic rings. The lowest BCUT2D eigenvalue weighted by atomic mass is 10.0. The van der Waals surface area contributed by atoms with Gasteiger partial charge in [0.2, 0.25) is 0 Å². The normalized spacial score (nSPS) is 12.6. The maximum Gasteiger partial charge on any atom is 0.469 e. The van der Waals surface area contributed by atoms with E-state index < -0.39 is 32.5 Å². The number of phosphoric acid groups is 1. The van der Waals surface area contributed by atoms with Gasteiger partial charge < -0.3 is 19.3 Å². The summed E-state index contributed by atoms with van der Waals surface area (Å²) < 4.78 is 26.3. The molecule has 0 radical (unpaired) electrons. The van der Waals surface area contributed by atoms with Gasteiger partial charge in [0.15, 0.2) is 6.10 Å². The summed E-state index contributed by atoms with van der Waals surface area (Å²) in [6, 6.07) is 0. The monoisotopic (exact) mass is 677 g/mol. The van der Waals surface area contributed by atoms with Crippen LogP contribution < -0.4 is 0 Å². The number of esters is 2. The molecule has 0 aliphatic rings. The molecule has 0 unspecified atom stereocenters. The molecule has 0 bridgehead atoms. The molecule has 0 aliphatic carbocycles. The Bertz CT molecular complexity index is 752. The Balaban J connectivity index is 3.87. The lowest BCUT2D eigenvalue weighted by Gasteiger charge is -2.18. The zero-order chi connectivity index (χ0) is 34.3. The van der Waals surface area contributed by atoms with Gasteiger partial charge in [-0.15, -0.1) is 0 Å². The number of rotatable bonds is 34. The highest BCUT2D eigenvalue weighted by Crippen LogP contribution is 2.36. The summed E-state index contributed by atoms with van der Waals surface area (Å²) in [5.41, 5.74) is 0. The van der Waals surface area contributed by atoms with Crippen molar-refractivity contribution >= 4 is 19.8 Å². The van der Waals surface area contributed by atoms with E-state index in [1.807, 2.05) is 0 Å². The molecule has 274 valence electrons. The summed E-state index contributed by atoms with van der Waals surface area (Å²) >= 11 is 0. The van der Waals surface area contributed by atoms with E-state index in [1.165, 1.54) is 109 Å². The van der Waals surface area contributed by atoms with Crippen molar-refractivity contribution in [1.29, 1.82) is 0 Å². The van der Waals surface area contributed by atoms with E-state index in [-0.39, 0.29) is 19.4 Å². The van der Waals surface area contributed by atoms with Crippen molar-refractivity contribution in [1.82, 2.24) is 0 Å². The largest absolute Gasteiger partial charge is 0.469 e. The van der Waals surface area contributed by atoms with Gasteiger partial charge in [0, 0.05) is 12.8 Å². The number of phosphoric ester groups is 1. The van der Waals surface area contributed by atoms with Crippen molar-refractivity contribution in [2.45, 2.75) is 201 Å². The molecule has 0 saturated heterocycles. The summed E-state index contributed by atoms with van der Waals surface area (Å²) in [6.45, 7) is 8.29. The second-order valence-electron chi connectivity index (χ2n) is 14.2. The Morgan fingerprint density at radius 2 is 0.826 bits per heavy atom. The van der Waals surface area contributed by atoms with Crippen LogP contribution in [0.4, 0.5) is 0 Å². The van der Waals surface area contributed by atoms with Gasteiger partial charge in [-0.3, -0.25) is 14.1 Å². The second kappa shape index (κ2) is 31.3. The molecule has 46 heavy (non-hydrogen) atoms. The van der Waals surface area contributed by atoms with Gasteiger partial charge in [0.05, 0.1) is 6.61 Å². The van der Waals surface area contributed by atoms with Gasteiger partial charge in [-0.2, -0.15) is 0 Å². The van der Waals surface area contributed by atoms with Gasteiger partial charge in [-0.25, -0.2) is 4.57 Å². The van der Waals surface area contributed by atoms with Crippen molar-refractivity contribution in [3.8, 4) is 0 Å². The van der Waals surface area contributed by atoms with Crippen molar-refractivity contribution in [2.75, 3.05) is 13.2 Å². The smallest absolute Gasteiger partial charge is 0.462 e. The van der Waals surface area contributed by atoms with Gasteiger partial charge in [-0.05, 0) is 24.7 Å². The minimum Gasteiger partial charge on any atom is -0.462 e. The molecule has 0 heterocycles. The van der Waals surface area contributed by atoms with Crippen LogP contribution in [-0.2, 0) is 28.2 Å². The van der Waals surface area contributed by atoms with E-state index in [0.29, 0.717) is 6.42 Å². The number of carbonyl (C=O) groups is 2. The first-order valence-electron chi connectivity index (χ1n) is 19.0. The van der Waals surface area contributed by atoms with Crippen molar-refractivity contribution in [3.63, 3.8) is 0 Å². The quantitative estimate of drug-likeness (QED) is 0.0392. The standard InChI is InChI=1S/C37H73O8P/c1-33(2)27-23-19-15-12-10-8-6-5-7-9-11-13-17-21-25-29-36(38)43-31-35(32-44-46(40,41)42)45-37(39)30-26-22-18-14-16-20-24-28-34(3)4/h33-35H,5-32H2,1-4H3,(H2,40,41,42)/t35-/m1/s1. The molecule has 0 aromatic heterocycles. The first-order valence-corrected chi connectivity index (χ1v) is 20.6. The number of hydrogen-bond acceptors (Lipinski definition) is 6. The third-order valence-electron chi connectivity index (χ3n) is 8.48. The molecule has 0 aliphatic heterocycles. The summed E-state index contributed by atoms with van der Waals surface area (Å²) in [4.78, 5) is 42.6. The predicted molar refractivity (Wildman–Crippen MR) is 189 cm³/mol. The second-order valence-corrected chi connectivity index (χ2v) is 15.5. The van der Waals surface area contributed by atoms with Gasteiger partial charge in [0.1, 0.15) is 6.61 Å². The zero-order valence-electron chi connectivity index (χ0n) is 30.3. The van der Waals surface area contributed by atoms with E-state index in [4.69, 9.17) is 19.3 Å². The predicted octanol–water partition coefficient (Wildman–Crippen LogP) is 11.0. The van der Waals surface area contributed by atoms with Gasteiger partial charge >= 0.3 is 19.8 Å². The molecule has 0 fully saturated rings. The van der Waals surface area contributed by atoms with E-state index in [1.54, 1.807) is 0 Å². The average molecular weight is 677 g/mol.